The molecule has 2 amide bonds. The SMILES string of the molecule is Cc1nnc(N2C(=O)c3oc4ccccc4c(=O)c3C23C(=O)N(Cc2ccccc2Cl)c2ccccc23)s1. The van der Waals surface area contributed by atoms with Crippen LogP contribution >= 0.6 is 22.9 Å². The molecule has 10 heteroatoms. The summed E-state index contributed by atoms with van der Waals surface area (Å²) in [7, 11) is 0. The number of halogens is 1. The minimum atomic E-state index is -1.82. The molecular weight excluding hydrogens is 524 g/mol. The fourth-order valence-electron chi connectivity index (χ4n) is 5.44. The zero-order valence-corrected chi connectivity index (χ0v) is 21.4. The first-order valence-electron chi connectivity index (χ1n) is 11.8. The number of hydrogen-bond acceptors (Lipinski definition) is 7. The van der Waals surface area contributed by atoms with E-state index in [1.807, 2.05) is 24.3 Å². The average Bonchev–Trinajstić information content (AvgIpc) is 3.54. The Morgan fingerprint density at radius 3 is 2.47 bits per heavy atom. The first-order chi connectivity index (χ1) is 18.4. The van der Waals surface area contributed by atoms with Crippen molar-refractivity contribution in [2.45, 2.75) is 19.0 Å². The molecule has 0 saturated carbocycles. The van der Waals surface area contributed by atoms with Crippen LogP contribution in [0.25, 0.3) is 11.0 Å². The molecule has 2 aliphatic rings. The molecule has 3 aromatic carbocycles. The predicted octanol–water partition coefficient (Wildman–Crippen LogP) is 5.06. The van der Waals surface area contributed by atoms with Gasteiger partial charge >= 0.3 is 0 Å². The molecule has 1 unspecified atom stereocenters. The van der Waals surface area contributed by atoms with Crippen LogP contribution in [0.2, 0.25) is 5.02 Å². The van der Waals surface area contributed by atoms with Crippen LogP contribution < -0.4 is 15.2 Å². The molecule has 38 heavy (non-hydrogen) atoms. The minimum Gasteiger partial charge on any atom is -0.450 e. The zero-order valence-electron chi connectivity index (χ0n) is 19.8. The van der Waals surface area contributed by atoms with Gasteiger partial charge in [-0.05, 0) is 36.8 Å². The summed E-state index contributed by atoms with van der Waals surface area (Å²) < 4.78 is 6.05. The molecule has 7 rings (SSSR count). The zero-order chi connectivity index (χ0) is 26.2. The second-order valence-corrected chi connectivity index (χ2v) is 10.7. The van der Waals surface area contributed by atoms with Gasteiger partial charge in [0.05, 0.1) is 23.2 Å². The summed E-state index contributed by atoms with van der Waals surface area (Å²) >= 11 is 7.63. The van der Waals surface area contributed by atoms with E-state index in [2.05, 4.69) is 10.2 Å². The summed E-state index contributed by atoms with van der Waals surface area (Å²) in [6, 6.07) is 21.1. The third-order valence-corrected chi connectivity index (χ3v) is 8.22. The summed E-state index contributed by atoms with van der Waals surface area (Å²) in [5.74, 6) is -1.27. The van der Waals surface area contributed by atoms with Crippen molar-refractivity contribution >= 4 is 56.5 Å². The molecule has 0 fully saturated rings. The van der Waals surface area contributed by atoms with Crippen molar-refractivity contribution in [3.8, 4) is 0 Å². The molecule has 0 aliphatic carbocycles. The van der Waals surface area contributed by atoms with Gasteiger partial charge < -0.3 is 9.32 Å². The lowest BCUT2D eigenvalue weighted by molar-refractivity contribution is -0.121. The Morgan fingerprint density at radius 1 is 0.947 bits per heavy atom. The summed E-state index contributed by atoms with van der Waals surface area (Å²) in [6.45, 7) is 1.90. The van der Waals surface area contributed by atoms with Gasteiger partial charge in [0, 0.05) is 10.6 Å². The molecule has 0 bridgehead atoms. The number of carbonyl (C=O) groups is 2. The number of amides is 2. The summed E-state index contributed by atoms with van der Waals surface area (Å²) in [5, 5.41) is 9.90. The van der Waals surface area contributed by atoms with Crippen LogP contribution in [0.4, 0.5) is 10.8 Å². The largest absolute Gasteiger partial charge is 0.450 e. The lowest BCUT2D eigenvalue weighted by Gasteiger charge is -2.32. The normalized spacial score (nSPS) is 18.1. The van der Waals surface area contributed by atoms with E-state index >= 15 is 0 Å². The van der Waals surface area contributed by atoms with Crippen LogP contribution in [0.1, 0.15) is 32.3 Å². The van der Waals surface area contributed by atoms with Crippen molar-refractivity contribution in [1.29, 1.82) is 0 Å². The fraction of sp³-hybridized carbons (Fsp3) is 0.107. The molecule has 186 valence electrons. The standard InChI is InChI=1S/C28H17ClN4O4S/c1-15-30-31-27(38-15)33-25(35)24-22(23(34)17-9-3-7-13-21(17)37-24)28(33)18-10-4-6-12-20(18)32(26(28)36)14-16-8-2-5-11-19(16)29/h2-13H,14H2,1H3. The van der Waals surface area contributed by atoms with Crippen LogP contribution in [0.3, 0.4) is 0 Å². The number of nitrogens with zero attached hydrogens (tertiary/aromatic N) is 4. The minimum absolute atomic E-state index is 0.0202. The second-order valence-electron chi connectivity index (χ2n) is 9.09. The Bertz CT molecular complexity index is 1880. The van der Waals surface area contributed by atoms with Gasteiger partial charge in [-0.25, -0.2) is 0 Å². The highest BCUT2D eigenvalue weighted by Gasteiger charge is 2.66. The van der Waals surface area contributed by atoms with E-state index in [4.69, 9.17) is 16.0 Å². The third kappa shape index (κ3) is 2.88. The molecule has 0 saturated heterocycles. The van der Waals surface area contributed by atoms with Gasteiger partial charge in [0.25, 0.3) is 11.8 Å². The number of fused-ring (bicyclic) bond motifs is 5. The van der Waals surface area contributed by atoms with E-state index in [1.54, 1.807) is 60.4 Å². The van der Waals surface area contributed by atoms with Gasteiger partial charge in [0.15, 0.2) is 11.0 Å². The number of aryl methyl sites for hydroxylation is 1. The Kier molecular flexibility index (Phi) is 4.85. The van der Waals surface area contributed by atoms with Crippen molar-refractivity contribution in [3.63, 3.8) is 0 Å². The highest BCUT2D eigenvalue weighted by atomic mass is 35.5. The molecule has 8 nitrogen and oxygen atoms in total. The van der Waals surface area contributed by atoms with Crippen molar-refractivity contribution < 1.29 is 14.0 Å². The maximum Gasteiger partial charge on any atom is 0.297 e. The van der Waals surface area contributed by atoms with Gasteiger partial charge in [-0.15, -0.1) is 10.2 Å². The van der Waals surface area contributed by atoms with Crippen molar-refractivity contribution in [1.82, 2.24) is 10.2 Å². The number of hydrogen-bond donors (Lipinski definition) is 0. The maximum atomic E-state index is 14.8. The van der Waals surface area contributed by atoms with Crippen molar-refractivity contribution in [2.24, 2.45) is 0 Å². The van der Waals surface area contributed by atoms with Gasteiger partial charge in [-0.2, -0.15) is 0 Å². The smallest absolute Gasteiger partial charge is 0.297 e. The fourth-order valence-corrected chi connectivity index (χ4v) is 6.37. The molecule has 4 heterocycles. The van der Waals surface area contributed by atoms with Gasteiger partial charge in [-0.3, -0.25) is 19.3 Å². The Hall–Kier alpha value is -4.34. The van der Waals surface area contributed by atoms with Gasteiger partial charge in [-0.1, -0.05) is 71.5 Å². The molecule has 2 aliphatic heterocycles. The first kappa shape index (κ1) is 22.8. The number of anilines is 2. The van der Waals surface area contributed by atoms with Crippen LogP contribution in [0.5, 0.6) is 0 Å². The molecule has 5 aromatic rings. The van der Waals surface area contributed by atoms with Crippen molar-refractivity contribution in [3.05, 3.63) is 116 Å². The topological polar surface area (TPSA) is 96.6 Å². The first-order valence-corrected chi connectivity index (χ1v) is 13.0. The molecule has 1 atom stereocenters. The van der Waals surface area contributed by atoms with E-state index in [0.29, 0.717) is 21.3 Å². The Morgan fingerprint density at radius 2 is 1.68 bits per heavy atom. The van der Waals surface area contributed by atoms with E-state index in [1.165, 1.54) is 4.90 Å². The summed E-state index contributed by atoms with van der Waals surface area (Å²) in [6.07, 6.45) is 0. The number of rotatable bonds is 3. The molecule has 0 N–H and O–H groups in total. The second kappa shape index (κ2) is 8.08. The van der Waals surface area contributed by atoms with Crippen LogP contribution in [-0.2, 0) is 16.9 Å². The van der Waals surface area contributed by atoms with E-state index in [-0.39, 0.29) is 34.0 Å². The lowest BCUT2D eigenvalue weighted by Crippen LogP contribution is -2.53. The van der Waals surface area contributed by atoms with Gasteiger partial charge in [0.1, 0.15) is 10.6 Å². The van der Waals surface area contributed by atoms with Crippen LogP contribution in [0, 0.1) is 6.92 Å². The quantitative estimate of drug-likeness (QED) is 0.317. The summed E-state index contributed by atoms with van der Waals surface area (Å²) in [5.41, 5.74) is -0.239. The van der Waals surface area contributed by atoms with E-state index in [0.717, 1.165) is 16.9 Å². The van der Waals surface area contributed by atoms with Crippen LogP contribution in [0.15, 0.2) is 82.0 Å². The highest BCUT2D eigenvalue weighted by Crippen LogP contribution is 2.54. The highest BCUT2D eigenvalue weighted by molar-refractivity contribution is 7.15. The number of benzene rings is 3. The van der Waals surface area contributed by atoms with E-state index < -0.39 is 22.8 Å². The molecule has 0 radical (unpaired) electrons. The summed E-state index contributed by atoms with van der Waals surface area (Å²) in [4.78, 5) is 45.8. The molecule has 1 spiro atoms. The number of carbonyl (C=O) groups excluding carboxylic acids is 2. The maximum absolute atomic E-state index is 14.8. The predicted molar refractivity (Wildman–Crippen MR) is 144 cm³/mol. The van der Waals surface area contributed by atoms with Crippen LogP contribution in [-0.4, -0.2) is 22.0 Å². The number of para-hydroxylation sites is 2. The number of aromatic nitrogens is 2. The Balaban J connectivity index is 1.57. The van der Waals surface area contributed by atoms with E-state index in [9.17, 15) is 14.4 Å². The average molecular weight is 541 g/mol. The molecule has 2 aromatic heterocycles. The lowest BCUT2D eigenvalue weighted by atomic mass is 9.84. The van der Waals surface area contributed by atoms with Gasteiger partial charge in [0.2, 0.25) is 10.9 Å². The Labute approximate surface area is 224 Å². The molecular formula is C28H17ClN4O4S. The third-order valence-electron chi connectivity index (χ3n) is 7.02. The monoisotopic (exact) mass is 540 g/mol. The van der Waals surface area contributed by atoms with Crippen molar-refractivity contribution in [2.75, 3.05) is 9.80 Å².